The molecule has 0 radical (unpaired) electrons. The molecule has 0 saturated carbocycles. The zero-order valence-corrected chi connectivity index (χ0v) is 17.0. The summed E-state index contributed by atoms with van der Waals surface area (Å²) < 4.78 is 11.6. The van der Waals surface area contributed by atoms with Crippen molar-refractivity contribution in [2.75, 3.05) is 7.11 Å². The molecular formula is C23H32O3. The van der Waals surface area contributed by atoms with Gasteiger partial charge < -0.3 is 14.6 Å². The first-order valence-corrected chi connectivity index (χ1v) is 9.33. The highest BCUT2D eigenvalue weighted by molar-refractivity contribution is 5.72. The van der Waals surface area contributed by atoms with Crippen molar-refractivity contribution in [3.8, 4) is 17.2 Å². The first-order valence-electron chi connectivity index (χ1n) is 9.33. The lowest BCUT2D eigenvalue weighted by Gasteiger charge is -2.32. The van der Waals surface area contributed by atoms with Gasteiger partial charge in [0.2, 0.25) is 0 Å². The van der Waals surface area contributed by atoms with Gasteiger partial charge in [-0.15, -0.1) is 0 Å². The van der Waals surface area contributed by atoms with E-state index in [-0.39, 0.29) is 5.75 Å². The van der Waals surface area contributed by atoms with Crippen molar-refractivity contribution < 1.29 is 14.6 Å². The first-order chi connectivity index (χ1) is 12.3. The molecule has 1 aromatic carbocycles. The number of phenolic OH excluding ortho intramolecular Hbond substituents is 1. The maximum absolute atomic E-state index is 10.4. The molecule has 0 fully saturated rings. The van der Waals surface area contributed by atoms with Crippen molar-refractivity contribution in [1.82, 2.24) is 0 Å². The van der Waals surface area contributed by atoms with Crippen LogP contribution in [0.15, 0.2) is 35.4 Å². The summed E-state index contributed by atoms with van der Waals surface area (Å²) in [7, 11) is 1.64. The third-order valence-electron chi connectivity index (χ3n) is 4.83. The van der Waals surface area contributed by atoms with Gasteiger partial charge in [0.05, 0.1) is 12.7 Å². The van der Waals surface area contributed by atoms with E-state index in [0.717, 1.165) is 42.6 Å². The minimum atomic E-state index is -0.431. The number of fused-ring (bicyclic) bond motifs is 1. The Morgan fingerprint density at radius 2 is 1.96 bits per heavy atom. The molecule has 1 heterocycles. The predicted molar refractivity (Wildman–Crippen MR) is 109 cm³/mol. The number of benzene rings is 1. The topological polar surface area (TPSA) is 38.7 Å². The van der Waals surface area contributed by atoms with Gasteiger partial charge in [0.15, 0.2) is 11.5 Å². The lowest BCUT2D eigenvalue weighted by atomic mass is 9.93. The summed E-state index contributed by atoms with van der Waals surface area (Å²) in [4.78, 5) is 0. The normalized spacial score (nSPS) is 18.9. The second-order valence-electron chi connectivity index (χ2n) is 7.64. The zero-order valence-electron chi connectivity index (χ0n) is 17.0. The number of aromatic hydroxyl groups is 1. The summed E-state index contributed by atoms with van der Waals surface area (Å²) in [5, 5.41) is 10.4. The van der Waals surface area contributed by atoms with E-state index in [9.17, 15) is 5.11 Å². The summed E-state index contributed by atoms with van der Waals surface area (Å²) in [6, 6.07) is 1.84. The number of allylic oxidation sites excluding steroid dienone is 4. The molecule has 3 nitrogen and oxygen atoms in total. The lowest BCUT2D eigenvalue weighted by molar-refractivity contribution is 0.123. The molecule has 1 N–H and O–H groups in total. The van der Waals surface area contributed by atoms with E-state index < -0.39 is 5.60 Å². The van der Waals surface area contributed by atoms with E-state index in [4.69, 9.17) is 9.47 Å². The summed E-state index contributed by atoms with van der Waals surface area (Å²) in [6.07, 6.45) is 12.6. The van der Waals surface area contributed by atoms with Crippen LogP contribution >= 0.6 is 0 Å². The maximum Gasteiger partial charge on any atom is 0.173 e. The number of ether oxygens (including phenoxy) is 2. The number of hydrogen-bond acceptors (Lipinski definition) is 3. The van der Waals surface area contributed by atoms with Crippen molar-refractivity contribution in [2.45, 2.75) is 65.9 Å². The Morgan fingerprint density at radius 1 is 1.23 bits per heavy atom. The number of methoxy groups -OCH3 is 1. The Balaban J connectivity index is 2.05. The predicted octanol–water partition coefficient (Wildman–Crippen LogP) is 6.35. The van der Waals surface area contributed by atoms with Crippen LogP contribution in [0.1, 0.15) is 64.5 Å². The smallest absolute Gasteiger partial charge is 0.173 e. The van der Waals surface area contributed by atoms with E-state index in [0.29, 0.717) is 5.75 Å². The molecular weight excluding hydrogens is 324 g/mol. The van der Waals surface area contributed by atoms with Crippen LogP contribution < -0.4 is 9.47 Å². The van der Waals surface area contributed by atoms with E-state index in [1.165, 1.54) is 11.1 Å². The van der Waals surface area contributed by atoms with Crippen molar-refractivity contribution in [1.29, 1.82) is 0 Å². The molecule has 142 valence electrons. The molecule has 1 aliphatic rings. The molecule has 0 unspecified atom stereocenters. The number of hydrogen-bond donors (Lipinski definition) is 1. The SMILES string of the molecule is COc1cc(C)c(O)c2c1C=C[C@@](C)(CC/C=C(\C)CCC=C(C)C)O2. The van der Waals surface area contributed by atoms with E-state index in [2.05, 4.69) is 45.9 Å². The van der Waals surface area contributed by atoms with Gasteiger partial charge in [0.1, 0.15) is 11.4 Å². The summed E-state index contributed by atoms with van der Waals surface area (Å²) >= 11 is 0. The Morgan fingerprint density at radius 3 is 2.62 bits per heavy atom. The van der Waals surface area contributed by atoms with Crippen LogP contribution in [0.4, 0.5) is 0 Å². The molecule has 26 heavy (non-hydrogen) atoms. The molecule has 1 aromatic rings. The third kappa shape index (κ3) is 4.94. The molecule has 0 amide bonds. The summed E-state index contributed by atoms with van der Waals surface area (Å²) in [5.41, 5.74) is 3.91. The second-order valence-corrected chi connectivity index (χ2v) is 7.64. The van der Waals surface area contributed by atoms with Crippen molar-refractivity contribution >= 4 is 6.08 Å². The zero-order chi connectivity index (χ0) is 19.3. The van der Waals surface area contributed by atoms with Gasteiger partial charge in [-0.05, 0) is 84.1 Å². The largest absolute Gasteiger partial charge is 0.504 e. The van der Waals surface area contributed by atoms with Crippen molar-refractivity contribution in [2.24, 2.45) is 0 Å². The number of rotatable bonds is 7. The fourth-order valence-electron chi connectivity index (χ4n) is 3.15. The fraction of sp³-hybridized carbons (Fsp3) is 0.478. The third-order valence-corrected chi connectivity index (χ3v) is 4.83. The van der Waals surface area contributed by atoms with Gasteiger partial charge in [-0.25, -0.2) is 0 Å². The molecule has 3 heteroatoms. The number of aryl methyl sites for hydroxylation is 1. The van der Waals surface area contributed by atoms with Crippen LogP contribution in [-0.2, 0) is 0 Å². The molecule has 0 aromatic heterocycles. The standard InChI is InChI=1S/C23H32O3/c1-16(2)9-7-10-17(3)11-8-13-23(5)14-12-19-20(25-6)15-18(4)21(24)22(19)26-23/h9,11-12,14-15,24H,7-8,10,13H2,1-6H3/b17-11+/t23-/m1/s1. The highest BCUT2D eigenvalue weighted by Crippen LogP contribution is 2.45. The monoisotopic (exact) mass is 356 g/mol. The Bertz CT molecular complexity index is 736. The van der Waals surface area contributed by atoms with E-state index in [1.807, 2.05) is 19.1 Å². The Kier molecular flexibility index (Phi) is 6.57. The van der Waals surface area contributed by atoms with Gasteiger partial charge in [-0.2, -0.15) is 0 Å². The average Bonchev–Trinajstić information content (AvgIpc) is 2.58. The van der Waals surface area contributed by atoms with Crippen LogP contribution in [0.5, 0.6) is 17.2 Å². The van der Waals surface area contributed by atoms with Crippen molar-refractivity contribution in [3.05, 3.63) is 46.6 Å². The minimum Gasteiger partial charge on any atom is -0.504 e. The maximum atomic E-state index is 10.4. The second kappa shape index (κ2) is 8.48. The minimum absolute atomic E-state index is 0.199. The summed E-state index contributed by atoms with van der Waals surface area (Å²) in [5.74, 6) is 1.45. The highest BCUT2D eigenvalue weighted by atomic mass is 16.5. The molecule has 0 spiro atoms. The molecule has 0 saturated heterocycles. The van der Waals surface area contributed by atoms with Crippen LogP contribution in [0.2, 0.25) is 0 Å². The highest BCUT2D eigenvalue weighted by Gasteiger charge is 2.30. The lowest BCUT2D eigenvalue weighted by Crippen LogP contribution is -2.31. The van der Waals surface area contributed by atoms with Crippen LogP contribution in [0, 0.1) is 6.92 Å². The Labute approximate surface area is 158 Å². The van der Waals surface area contributed by atoms with Gasteiger partial charge in [0, 0.05) is 0 Å². The number of phenols is 1. The van der Waals surface area contributed by atoms with Gasteiger partial charge in [-0.3, -0.25) is 0 Å². The quantitative estimate of drug-likeness (QED) is 0.579. The van der Waals surface area contributed by atoms with Gasteiger partial charge in [0.25, 0.3) is 0 Å². The molecule has 2 rings (SSSR count). The summed E-state index contributed by atoms with van der Waals surface area (Å²) in [6.45, 7) is 10.4. The van der Waals surface area contributed by atoms with E-state index in [1.54, 1.807) is 7.11 Å². The Hall–Kier alpha value is -2.16. The van der Waals surface area contributed by atoms with Gasteiger partial charge in [-0.1, -0.05) is 23.3 Å². The van der Waals surface area contributed by atoms with Crippen LogP contribution in [0.25, 0.3) is 6.08 Å². The molecule has 0 bridgehead atoms. The van der Waals surface area contributed by atoms with Crippen molar-refractivity contribution in [3.63, 3.8) is 0 Å². The molecule has 1 atom stereocenters. The van der Waals surface area contributed by atoms with E-state index >= 15 is 0 Å². The first kappa shape index (κ1) is 20.2. The average molecular weight is 357 g/mol. The molecule has 0 aliphatic carbocycles. The fourth-order valence-corrected chi connectivity index (χ4v) is 3.15. The van der Waals surface area contributed by atoms with Crippen LogP contribution in [0.3, 0.4) is 0 Å². The molecule has 1 aliphatic heterocycles. The van der Waals surface area contributed by atoms with Gasteiger partial charge >= 0.3 is 0 Å². The van der Waals surface area contributed by atoms with Crippen LogP contribution in [-0.4, -0.2) is 17.8 Å².